The molecule has 29 heavy (non-hydrogen) atoms. The Balaban J connectivity index is 1.74. The number of aliphatic hydroxyl groups excluding tert-OH is 1. The molecule has 0 unspecified atom stereocenters. The Morgan fingerprint density at radius 1 is 1.14 bits per heavy atom. The first-order valence-corrected chi connectivity index (χ1v) is 9.46. The number of rotatable bonds is 4. The maximum atomic E-state index is 13.9. The minimum absolute atomic E-state index is 0.0358. The van der Waals surface area contributed by atoms with Gasteiger partial charge in [-0.3, -0.25) is 4.79 Å². The molecule has 2 atom stereocenters. The van der Waals surface area contributed by atoms with E-state index in [1.807, 2.05) is 54.6 Å². The van der Waals surface area contributed by atoms with Gasteiger partial charge in [-0.2, -0.15) is 5.10 Å². The third kappa shape index (κ3) is 4.00. The predicted octanol–water partition coefficient (Wildman–Crippen LogP) is 3.09. The van der Waals surface area contributed by atoms with E-state index in [0.717, 1.165) is 22.7 Å². The molecule has 1 aliphatic heterocycles. The lowest BCUT2D eigenvalue weighted by atomic mass is 10.1. The minimum Gasteiger partial charge on any atom is -0.497 e. The first-order chi connectivity index (χ1) is 14.0. The molecule has 1 aromatic heterocycles. The third-order valence-corrected chi connectivity index (χ3v) is 4.98. The molecule has 2 heterocycles. The van der Waals surface area contributed by atoms with E-state index < -0.39 is 18.2 Å². The fraction of sp³-hybridized carbons (Fsp3) is 0.273. The standard InChI is InChI=1S/C22H22FN3O3/c1-29-19-9-7-15(8-10-19)21-12-20(24-26(21)17-5-3-2-4-6-17)22(28)25-13-16(23)11-18(27)14-25/h2-10,12,16,18,27H,11,13-14H2,1H3/t16-,18+/m1/s1. The summed E-state index contributed by atoms with van der Waals surface area (Å²) in [5.74, 6) is 0.336. The fourth-order valence-electron chi connectivity index (χ4n) is 3.56. The van der Waals surface area contributed by atoms with Crippen LogP contribution in [0.15, 0.2) is 60.7 Å². The van der Waals surface area contributed by atoms with Gasteiger partial charge >= 0.3 is 0 Å². The molecule has 1 fully saturated rings. The third-order valence-electron chi connectivity index (χ3n) is 4.98. The van der Waals surface area contributed by atoms with Gasteiger partial charge in [-0.25, -0.2) is 9.07 Å². The molecule has 150 valence electrons. The molecule has 1 saturated heterocycles. The van der Waals surface area contributed by atoms with E-state index in [-0.39, 0.29) is 25.2 Å². The van der Waals surface area contributed by atoms with Crippen LogP contribution in [0.4, 0.5) is 4.39 Å². The molecule has 1 amide bonds. The molecule has 1 N–H and O–H groups in total. The number of nitrogens with zero attached hydrogens (tertiary/aromatic N) is 3. The SMILES string of the molecule is COc1ccc(-c2cc(C(=O)N3C[C@@H](O)C[C@@H](F)C3)nn2-c2ccccc2)cc1. The van der Waals surface area contributed by atoms with Gasteiger partial charge in [0.25, 0.3) is 5.91 Å². The predicted molar refractivity (Wildman–Crippen MR) is 107 cm³/mol. The van der Waals surface area contributed by atoms with Crippen LogP contribution >= 0.6 is 0 Å². The number of methoxy groups -OCH3 is 1. The van der Waals surface area contributed by atoms with Crippen LogP contribution in [0.2, 0.25) is 0 Å². The summed E-state index contributed by atoms with van der Waals surface area (Å²) in [5.41, 5.74) is 2.61. The van der Waals surface area contributed by atoms with Crippen molar-refractivity contribution in [1.29, 1.82) is 0 Å². The topological polar surface area (TPSA) is 67.6 Å². The molecule has 0 spiro atoms. The van der Waals surface area contributed by atoms with E-state index in [1.54, 1.807) is 17.9 Å². The number of halogens is 1. The lowest BCUT2D eigenvalue weighted by Gasteiger charge is -2.31. The maximum absolute atomic E-state index is 13.9. The van der Waals surface area contributed by atoms with Crippen LogP contribution in [0.3, 0.4) is 0 Å². The van der Waals surface area contributed by atoms with E-state index >= 15 is 0 Å². The van der Waals surface area contributed by atoms with Gasteiger partial charge in [0.05, 0.1) is 31.1 Å². The zero-order valence-electron chi connectivity index (χ0n) is 16.0. The van der Waals surface area contributed by atoms with Gasteiger partial charge in [-0.15, -0.1) is 0 Å². The highest BCUT2D eigenvalue weighted by atomic mass is 19.1. The second-order valence-electron chi connectivity index (χ2n) is 7.09. The smallest absolute Gasteiger partial charge is 0.274 e. The summed E-state index contributed by atoms with van der Waals surface area (Å²) in [4.78, 5) is 14.3. The summed E-state index contributed by atoms with van der Waals surface area (Å²) in [6.45, 7) is 0.0707. The molecule has 0 saturated carbocycles. The van der Waals surface area contributed by atoms with Gasteiger partial charge in [0, 0.05) is 18.5 Å². The van der Waals surface area contributed by atoms with Crippen LogP contribution in [0.25, 0.3) is 16.9 Å². The van der Waals surface area contributed by atoms with E-state index in [2.05, 4.69) is 5.10 Å². The zero-order chi connectivity index (χ0) is 20.4. The molecular weight excluding hydrogens is 373 g/mol. The average molecular weight is 395 g/mol. The van der Waals surface area contributed by atoms with Gasteiger partial charge < -0.3 is 14.7 Å². The van der Waals surface area contributed by atoms with Crippen molar-refractivity contribution >= 4 is 5.91 Å². The largest absolute Gasteiger partial charge is 0.497 e. The van der Waals surface area contributed by atoms with E-state index in [4.69, 9.17) is 4.74 Å². The van der Waals surface area contributed by atoms with Crippen molar-refractivity contribution in [2.75, 3.05) is 20.2 Å². The molecule has 6 nitrogen and oxygen atoms in total. The van der Waals surface area contributed by atoms with Crippen LogP contribution in [0, 0.1) is 0 Å². The minimum atomic E-state index is -1.24. The number of piperidine rings is 1. The summed E-state index contributed by atoms with van der Waals surface area (Å²) >= 11 is 0. The number of β-amino-alcohol motifs (C(OH)–C–C–N with tert-alkyl or cyclic N) is 1. The summed E-state index contributed by atoms with van der Waals surface area (Å²) in [7, 11) is 1.60. The molecule has 0 bridgehead atoms. The summed E-state index contributed by atoms with van der Waals surface area (Å²) in [6, 6.07) is 18.7. The van der Waals surface area contributed by atoms with Crippen molar-refractivity contribution in [1.82, 2.24) is 14.7 Å². The number of carbonyl (C=O) groups is 1. The van der Waals surface area contributed by atoms with Crippen LogP contribution in [0.5, 0.6) is 5.75 Å². The van der Waals surface area contributed by atoms with Crippen LogP contribution < -0.4 is 4.74 Å². The first-order valence-electron chi connectivity index (χ1n) is 9.46. The van der Waals surface area contributed by atoms with E-state index in [1.165, 1.54) is 4.90 Å². The Morgan fingerprint density at radius 3 is 2.52 bits per heavy atom. The van der Waals surface area contributed by atoms with Crippen molar-refractivity contribution in [3.63, 3.8) is 0 Å². The van der Waals surface area contributed by atoms with Gasteiger partial charge in [0.1, 0.15) is 11.9 Å². The summed E-state index contributed by atoms with van der Waals surface area (Å²) in [5, 5.41) is 14.4. The number of amides is 1. The second-order valence-corrected chi connectivity index (χ2v) is 7.09. The number of para-hydroxylation sites is 1. The molecule has 0 radical (unpaired) electrons. The molecule has 4 rings (SSSR count). The number of carbonyl (C=O) groups excluding carboxylic acids is 1. The lowest BCUT2D eigenvalue weighted by molar-refractivity contribution is 0.0220. The number of ether oxygens (including phenoxy) is 1. The van der Waals surface area contributed by atoms with Gasteiger partial charge in [-0.05, 0) is 42.5 Å². The number of hydrogen-bond donors (Lipinski definition) is 1. The molecule has 7 heteroatoms. The number of aromatic nitrogens is 2. The van der Waals surface area contributed by atoms with E-state index in [9.17, 15) is 14.3 Å². The van der Waals surface area contributed by atoms with Crippen molar-refractivity contribution in [3.05, 3.63) is 66.4 Å². The average Bonchev–Trinajstić information content (AvgIpc) is 3.18. The van der Waals surface area contributed by atoms with E-state index in [0.29, 0.717) is 0 Å². The Hall–Kier alpha value is -3.19. The van der Waals surface area contributed by atoms with Crippen molar-refractivity contribution < 1.29 is 19.0 Å². The summed E-state index contributed by atoms with van der Waals surface area (Å²) in [6.07, 6.45) is -2.04. The fourth-order valence-corrected chi connectivity index (χ4v) is 3.56. The van der Waals surface area contributed by atoms with Crippen LogP contribution in [-0.2, 0) is 0 Å². The molecule has 2 aromatic carbocycles. The van der Waals surface area contributed by atoms with Gasteiger partial charge in [-0.1, -0.05) is 18.2 Å². The number of alkyl halides is 1. The maximum Gasteiger partial charge on any atom is 0.274 e. The summed E-state index contributed by atoms with van der Waals surface area (Å²) < 4.78 is 20.8. The van der Waals surface area contributed by atoms with Crippen molar-refractivity contribution in [3.8, 4) is 22.7 Å². The Kier molecular flexibility index (Phi) is 5.31. The van der Waals surface area contributed by atoms with Crippen molar-refractivity contribution in [2.24, 2.45) is 0 Å². The zero-order valence-corrected chi connectivity index (χ0v) is 16.0. The molecule has 3 aromatic rings. The van der Waals surface area contributed by atoms with Crippen molar-refractivity contribution in [2.45, 2.75) is 18.7 Å². The Labute approximate surface area is 168 Å². The highest BCUT2D eigenvalue weighted by molar-refractivity contribution is 5.93. The van der Waals surface area contributed by atoms with Gasteiger partial charge in [0.2, 0.25) is 0 Å². The number of aliphatic hydroxyl groups is 1. The quantitative estimate of drug-likeness (QED) is 0.737. The molecule has 0 aliphatic carbocycles. The Bertz CT molecular complexity index is 978. The monoisotopic (exact) mass is 395 g/mol. The van der Waals surface area contributed by atoms with Crippen LogP contribution in [-0.4, -0.2) is 58.2 Å². The van der Waals surface area contributed by atoms with Crippen LogP contribution in [0.1, 0.15) is 16.9 Å². The second kappa shape index (κ2) is 8.05. The Morgan fingerprint density at radius 2 is 1.86 bits per heavy atom. The number of benzene rings is 2. The normalized spacial score (nSPS) is 19.2. The lowest BCUT2D eigenvalue weighted by Crippen LogP contribution is -2.47. The molecule has 1 aliphatic rings. The number of hydrogen-bond acceptors (Lipinski definition) is 4. The highest BCUT2D eigenvalue weighted by Crippen LogP contribution is 2.27. The highest BCUT2D eigenvalue weighted by Gasteiger charge is 2.31. The molecular formula is C22H22FN3O3. The van der Waals surface area contributed by atoms with Gasteiger partial charge in [0.15, 0.2) is 5.69 Å². The number of likely N-dealkylation sites (tertiary alicyclic amines) is 1. The first kappa shape index (κ1) is 19.1.